The summed E-state index contributed by atoms with van der Waals surface area (Å²) in [6.45, 7) is 5.80. The van der Waals surface area contributed by atoms with Crippen LogP contribution >= 0.6 is 27.5 Å². The molecule has 0 fully saturated rings. The smallest absolute Gasteiger partial charge is 0.322 e. The van der Waals surface area contributed by atoms with Gasteiger partial charge >= 0.3 is 6.01 Å². The van der Waals surface area contributed by atoms with Gasteiger partial charge in [-0.1, -0.05) is 6.07 Å². The maximum absolute atomic E-state index is 5.87. The summed E-state index contributed by atoms with van der Waals surface area (Å²) in [5, 5.41) is 3.16. The number of rotatable bonds is 4. The molecule has 2 rings (SSSR count). The van der Waals surface area contributed by atoms with Crippen LogP contribution in [-0.2, 0) is 0 Å². The van der Waals surface area contributed by atoms with Crippen molar-refractivity contribution < 1.29 is 4.74 Å². The van der Waals surface area contributed by atoms with Crippen LogP contribution in [0.4, 0.5) is 11.6 Å². The number of nitrogens with zero attached hydrogens (tertiary/aromatic N) is 3. The summed E-state index contributed by atoms with van der Waals surface area (Å²) in [5.74, 6) is 0.338. The third kappa shape index (κ3) is 4.05. The lowest BCUT2D eigenvalue weighted by molar-refractivity contribution is 0.222. The zero-order chi connectivity index (χ0) is 14.7. The van der Waals surface area contributed by atoms with Crippen LogP contribution in [0.1, 0.15) is 19.4 Å². The van der Waals surface area contributed by atoms with Crippen LogP contribution in [0.15, 0.2) is 22.7 Å². The fourth-order valence-corrected chi connectivity index (χ4v) is 2.24. The second-order valence-corrected chi connectivity index (χ2v) is 5.68. The number of hydrogen-bond acceptors (Lipinski definition) is 5. The molecule has 0 aliphatic carbocycles. The van der Waals surface area contributed by atoms with Crippen LogP contribution in [0.25, 0.3) is 0 Å². The van der Waals surface area contributed by atoms with Gasteiger partial charge in [0, 0.05) is 4.47 Å². The number of nitrogens with one attached hydrogen (secondary N) is 1. The van der Waals surface area contributed by atoms with Crippen molar-refractivity contribution in [2.24, 2.45) is 0 Å². The molecule has 20 heavy (non-hydrogen) atoms. The van der Waals surface area contributed by atoms with E-state index in [0.29, 0.717) is 5.95 Å². The van der Waals surface area contributed by atoms with Gasteiger partial charge in [0.05, 0.1) is 11.8 Å². The Morgan fingerprint density at radius 1 is 1.25 bits per heavy atom. The molecule has 1 aromatic heterocycles. The maximum Gasteiger partial charge on any atom is 0.322 e. The lowest BCUT2D eigenvalue weighted by Gasteiger charge is -2.11. The van der Waals surface area contributed by atoms with Gasteiger partial charge in [-0.3, -0.25) is 0 Å². The van der Waals surface area contributed by atoms with Crippen molar-refractivity contribution in [2.75, 3.05) is 5.32 Å². The van der Waals surface area contributed by atoms with E-state index in [1.54, 1.807) is 0 Å². The fraction of sp³-hybridized carbons (Fsp3) is 0.308. The number of anilines is 2. The van der Waals surface area contributed by atoms with Crippen molar-refractivity contribution in [1.82, 2.24) is 15.0 Å². The Morgan fingerprint density at radius 3 is 2.65 bits per heavy atom. The van der Waals surface area contributed by atoms with Crippen LogP contribution in [-0.4, -0.2) is 21.1 Å². The molecule has 1 aromatic carbocycles. The molecule has 7 heteroatoms. The van der Waals surface area contributed by atoms with Crippen LogP contribution < -0.4 is 10.1 Å². The molecule has 0 atom stereocenters. The number of ether oxygens (including phenoxy) is 1. The number of aromatic nitrogens is 3. The average Bonchev–Trinajstić information content (AvgIpc) is 2.31. The zero-order valence-corrected chi connectivity index (χ0v) is 13.7. The topological polar surface area (TPSA) is 59.9 Å². The molecule has 0 saturated carbocycles. The molecule has 0 radical (unpaired) electrons. The zero-order valence-electron chi connectivity index (χ0n) is 11.3. The van der Waals surface area contributed by atoms with Crippen molar-refractivity contribution in [3.8, 4) is 6.01 Å². The summed E-state index contributed by atoms with van der Waals surface area (Å²) >= 11 is 9.35. The molecular weight excluding hydrogens is 344 g/mol. The Balaban J connectivity index is 2.26. The summed E-state index contributed by atoms with van der Waals surface area (Å²) in [5.41, 5.74) is 1.99. The summed E-state index contributed by atoms with van der Waals surface area (Å²) in [6.07, 6.45) is -0.0348. The predicted octanol–water partition coefficient (Wildman–Crippen LogP) is 4.13. The Bertz CT molecular complexity index is 621. The van der Waals surface area contributed by atoms with Crippen LogP contribution in [0.5, 0.6) is 6.01 Å². The van der Waals surface area contributed by atoms with E-state index in [-0.39, 0.29) is 17.4 Å². The molecule has 0 aliphatic rings. The van der Waals surface area contributed by atoms with Gasteiger partial charge in [-0.25, -0.2) is 0 Å². The van der Waals surface area contributed by atoms with Gasteiger partial charge < -0.3 is 10.1 Å². The molecule has 2 aromatic rings. The third-order valence-electron chi connectivity index (χ3n) is 2.30. The van der Waals surface area contributed by atoms with Crippen molar-refractivity contribution in [3.05, 3.63) is 33.5 Å². The summed E-state index contributed by atoms with van der Waals surface area (Å²) in [6, 6.07) is 6.11. The first kappa shape index (κ1) is 15.0. The third-order valence-corrected chi connectivity index (χ3v) is 3.12. The molecule has 106 valence electrons. The molecule has 0 saturated heterocycles. The molecular formula is C13H14BrClN4O. The van der Waals surface area contributed by atoms with Crippen molar-refractivity contribution in [1.29, 1.82) is 0 Å². The van der Waals surface area contributed by atoms with Crippen LogP contribution in [0.3, 0.4) is 0 Å². The van der Waals surface area contributed by atoms with Crippen molar-refractivity contribution in [3.63, 3.8) is 0 Å². The highest BCUT2D eigenvalue weighted by atomic mass is 79.9. The second kappa shape index (κ2) is 6.37. The van der Waals surface area contributed by atoms with Gasteiger partial charge in [0.2, 0.25) is 11.2 Å². The van der Waals surface area contributed by atoms with E-state index < -0.39 is 0 Å². The Kier molecular flexibility index (Phi) is 4.77. The molecule has 0 bridgehead atoms. The number of hydrogen-bond donors (Lipinski definition) is 1. The number of halogens is 2. The molecule has 0 aliphatic heterocycles. The Hall–Kier alpha value is -1.40. The Labute approximate surface area is 130 Å². The summed E-state index contributed by atoms with van der Waals surface area (Å²) < 4.78 is 6.34. The monoisotopic (exact) mass is 356 g/mol. The van der Waals surface area contributed by atoms with E-state index >= 15 is 0 Å². The van der Waals surface area contributed by atoms with Gasteiger partial charge in [-0.2, -0.15) is 15.0 Å². The SMILES string of the molecule is Cc1ccc(Nc2nc(Cl)nc(OC(C)C)n2)c(Br)c1. The Morgan fingerprint density at radius 2 is 2.00 bits per heavy atom. The standard InChI is InChI=1S/C13H14BrClN4O/c1-7(2)20-13-18-11(15)17-12(19-13)16-10-5-4-8(3)6-9(10)14/h4-7H,1-3H3,(H,16,17,18,19). The highest BCUT2D eigenvalue weighted by molar-refractivity contribution is 9.10. The number of aryl methyl sites for hydroxylation is 1. The molecule has 1 heterocycles. The van der Waals surface area contributed by atoms with E-state index in [2.05, 4.69) is 36.2 Å². The molecule has 0 amide bonds. The first-order valence-electron chi connectivity index (χ1n) is 6.05. The molecule has 0 unspecified atom stereocenters. The minimum atomic E-state index is -0.0348. The maximum atomic E-state index is 5.87. The van der Waals surface area contributed by atoms with Crippen molar-refractivity contribution in [2.45, 2.75) is 26.9 Å². The van der Waals surface area contributed by atoms with E-state index in [1.165, 1.54) is 0 Å². The minimum Gasteiger partial charge on any atom is -0.461 e. The highest BCUT2D eigenvalue weighted by Crippen LogP contribution is 2.26. The lowest BCUT2D eigenvalue weighted by atomic mass is 10.2. The molecule has 1 N–H and O–H groups in total. The van der Waals surface area contributed by atoms with E-state index in [0.717, 1.165) is 15.7 Å². The molecule has 0 spiro atoms. The number of benzene rings is 1. The largest absolute Gasteiger partial charge is 0.461 e. The average molecular weight is 358 g/mol. The van der Waals surface area contributed by atoms with E-state index in [4.69, 9.17) is 16.3 Å². The van der Waals surface area contributed by atoms with Crippen LogP contribution in [0.2, 0.25) is 5.28 Å². The normalized spacial score (nSPS) is 10.7. The predicted molar refractivity (Wildman–Crippen MR) is 82.8 cm³/mol. The quantitative estimate of drug-likeness (QED) is 0.891. The van der Waals surface area contributed by atoms with Crippen molar-refractivity contribution >= 4 is 39.2 Å². The van der Waals surface area contributed by atoms with Crippen LogP contribution in [0, 0.1) is 6.92 Å². The lowest BCUT2D eigenvalue weighted by Crippen LogP contribution is -2.10. The summed E-state index contributed by atoms with van der Waals surface area (Å²) in [4.78, 5) is 12.1. The van der Waals surface area contributed by atoms with Gasteiger partial charge in [0.25, 0.3) is 0 Å². The summed E-state index contributed by atoms with van der Waals surface area (Å²) in [7, 11) is 0. The minimum absolute atomic E-state index is 0.0348. The second-order valence-electron chi connectivity index (χ2n) is 4.49. The van der Waals surface area contributed by atoms with E-state index in [9.17, 15) is 0 Å². The van der Waals surface area contributed by atoms with Gasteiger partial charge in [-0.15, -0.1) is 0 Å². The highest BCUT2D eigenvalue weighted by Gasteiger charge is 2.09. The van der Waals surface area contributed by atoms with Gasteiger partial charge in [0.1, 0.15) is 0 Å². The first-order chi connectivity index (χ1) is 9.44. The van der Waals surface area contributed by atoms with E-state index in [1.807, 2.05) is 39.0 Å². The first-order valence-corrected chi connectivity index (χ1v) is 7.22. The van der Waals surface area contributed by atoms with Gasteiger partial charge in [0.15, 0.2) is 0 Å². The fourth-order valence-electron chi connectivity index (χ4n) is 1.49. The van der Waals surface area contributed by atoms with Gasteiger partial charge in [-0.05, 0) is 66.0 Å². The molecule has 5 nitrogen and oxygen atoms in total.